The van der Waals surface area contributed by atoms with Crippen LogP contribution in [0.15, 0.2) is 54.9 Å². The molecule has 0 aliphatic carbocycles. The number of hydrogen-bond acceptors (Lipinski definition) is 2. The zero-order valence-electron chi connectivity index (χ0n) is 8.59. The quantitative estimate of drug-likeness (QED) is 0.805. The lowest BCUT2D eigenvalue weighted by atomic mass is 9.89. The zero-order chi connectivity index (χ0) is 10.7. The van der Waals surface area contributed by atoms with Crippen LogP contribution in [0.4, 0.5) is 0 Å². The van der Waals surface area contributed by atoms with Crippen molar-refractivity contribution in [3.05, 3.63) is 66.0 Å². The summed E-state index contributed by atoms with van der Waals surface area (Å²) in [4.78, 5) is 3.94. The van der Waals surface area contributed by atoms with Crippen LogP contribution < -0.4 is 0 Å². The van der Waals surface area contributed by atoms with Crippen molar-refractivity contribution < 1.29 is 5.11 Å². The van der Waals surface area contributed by atoms with Crippen molar-refractivity contribution >= 4 is 0 Å². The van der Waals surface area contributed by atoms with E-state index in [1.54, 1.807) is 19.3 Å². The summed E-state index contributed by atoms with van der Waals surface area (Å²) in [7, 11) is 0. The maximum absolute atomic E-state index is 10.4. The Bertz CT molecular complexity index is 381. The van der Waals surface area contributed by atoms with Crippen LogP contribution in [-0.4, -0.2) is 10.1 Å². The Kier molecular flexibility index (Phi) is 2.52. The summed E-state index contributed by atoms with van der Waals surface area (Å²) in [5.41, 5.74) is 0.782. The molecule has 76 valence electrons. The lowest BCUT2D eigenvalue weighted by molar-refractivity contribution is 0.102. The Hall–Kier alpha value is -1.67. The van der Waals surface area contributed by atoms with Crippen molar-refractivity contribution in [2.45, 2.75) is 12.5 Å². The van der Waals surface area contributed by atoms with Crippen molar-refractivity contribution in [2.24, 2.45) is 0 Å². The fourth-order valence-electron chi connectivity index (χ4n) is 1.61. The third-order valence-corrected chi connectivity index (χ3v) is 2.58. The topological polar surface area (TPSA) is 33.1 Å². The van der Waals surface area contributed by atoms with Gasteiger partial charge in [0.15, 0.2) is 0 Å². The molecule has 0 bridgehead atoms. The van der Waals surface area contributed by atoms with E-state index in [-0.39, 0.29) is 0 Å². The zero-order valence-corrected chi connectivity index (χ0v) is 8.59. The first-order valence-corrected chi connectivity index (χ1v) is 4.89. The number of benzene rings is 1. The first-order chi connectivity index (χ1) is 7.21. The molecule has 0 saturated carbocycles. The summed E-state index contributed by atoms with van der Waals surface area (Å²) in [6.45, 7) is 1.79. The summed E-state index contributed by atoms with van der Waals surface area (Å²) < 4.78 is 0. The third kappa shape index (κ3) is 1.90. The largest absolute Gasteiger partial charge is 0.381 e. The molecular formula is C13H13NO. The Morgan fingerprint density at radius 3 is 2.07 bits per heavy atom. The van der Waals surface area contributed by atoms with E-state index in [1.807, 2.05) is 42.5 Å². The fraction of sp³-hybridized carbons (Fsp3) is 0.154. The van der Waals surface area contributed by atoms with Crippen LogP contribution in [0.3, 0.4) is 0 Å². The number of aliphatic hydroxyl groups is 1. The molecule has 2 nitrogen and oxygen atoms in total. The Morgan fingerprint density at radius 2 is 1.47 bits per heavy atom. The second kappa shape index (κ2) is 3.83. The van der Waals surface area contributed by atoms with E-state index >= 15 is 0 Å². The third-order valence-electron chi connectivity index (χ3n) is 2.58. The van der Waals surface area contributed by atoms with Crippen LogP contribution in [0, 0.1) is 0 Å². The van der Waals surface area contributed by atoms with Crippen LogP contribution in [0.25, 0.3) is 0 Å². The normalized spacial score (nSPS) is 14.5. The van der Waals surface area contributed by atoms with E-state index in [2.05, 4.69) is 4.98 Å². The van der Waals surface area contributed by atoms with E-state index in [9.17, 15) is 5.11 Å². The minimum atomic E-state index is -0.954. The van der Waals surface area contributed by atoms with Crippen molar-refractivity contribution in [3.8, 4) is 0 Å². The first kappa shape index (κ1) is 9.87. The average molecular weight is 199 g/mol. The van der Waals surface area contributed by atoms with Gasteiger partial charge in [0, 0.05) is 12.4 Å². The molecule has 2 aromatic rings. The van der Waals surface area contributed by atoms with Crippen molar-refractivity contribution in [1.29, 1.82) is 0 Å². The van der Waals surface area contributed by atoms with Crippen LogP contribution in [0.1, 0.15) is 18.1 Å². The van der Waals surface area contributed by atoms with Crippen LogP contribution in [0.5, 0.6) is 0 Å². The molecule has 1 aromatic heterocycles. The summed E-state index contributed by atoms with van der Waals surface area (Å²) in [5.74, 6) is 0. The predicted octanol–water partition coefficient (Wildman–Crippen LogP) is 2.34. The van der Waals surface area contributed by atoms with E-state index in [4.69, 9.17) is 0 Å². The monoisotopic (exact) mass is 199 g/mol. The summed E-state index contributed by atoms with van der Waals surface area (Å²) >= 11 is 0. The van der Waals surface area contributed by atoms with E-state index in [0.717, 1.165) is 11.1 Å². The number of nitrogens with zero attached hydrogens (tertiary/aromatic N) is 1. The summed E-state index contributed by atoms with van der Waals surface area (Å²) in [6, 6.07) is 13.3. The minimum Gasteiger partial charge on any atom is -0.381 e. The standard InChI is InChI=1S/C13H13NO/c1-13(15,11-5-3-2-4-6-11)12-7-9-14-10-8-12/h2-10,15H,1H3/t13-/m0/s1. The van der Waals surface area contributed by atoms with E-state index < -0.39 is 5.60 Å². The van der Waals surface area contributed by atoms with Crippen molar-refractivity contribution in [2.75, 3.05) is 0 Å². The van der Waals surface area contributed by atoms with Gasteiger partial charge in [0.05, 0.1) is 0 Å². The molecule has 1 aromatic carbocycles. The van der Waals surface area contributed by atoms with Gasteiger partial charge in [0.25, 0.3) is 0 Å². The SMILES string of the molecule is C[C@](O)(c1ccccc1)c1ccncc1. The molecule has 0 spiro atoms. The lowest BCUT2D eigenvalue weighted by Gasteiger charge is -2.24. The average Bonchev–Trinajstić information content (AvgIpc) is 2.31. The summed E-state index contributed by atoms with van der Waals surface area (Å²) in [6.07, 6.45) is 3.37. The van der Waals surface area contributed by atoms with Crippen molar-refractivity contribution in [1.82, 2.24) is 4.98 Å². The molecule has 0 unspecified atom stereocenters. The molecule has 0 aliphatic heterocycles. The molecule has 0 amide bonds. The Balaban J connectivity index is 2.44. The Labute approximate surface area is 89.2 Å². The molecule has 0 saturated heterocycles. The molecule has 2 rings (SSSR count). The van der Waals surface area contributed by atoms with E-state index in [1.165, 1.54) is 0 Å². The molecule has 1 atom stereocenters. The molecular weight excluding hydrogens is 186 g/mol. The van der Waals surface area contributed by atoms with Gasteiger partial charge in [-0.05, 0) is 30.2 Å². The second-order valence-electron chi connectivity index (χ2n) is 3.67. The maximum Gasteiger partial charge on any atom is 0.112 e. The second-order valence-corrected chi connectivity index (χ2v) is 3.67. The molecule has 1 heterocycles. The first-order valence-electron chi connectivity index (χ1n) is 4.89. The van der Waals surface area contributed by atoms with Gasteiger partial charge in [-0.25, -0.2) is 0 Å². The lowest BCUT2D eigenvalue weighted by Crippen LogP contribution is -2.22. The van der Waals surface area contributed by atoms with Gasteiger partial charge in [0.2, 0.25) is 0 Å². The highest BCUT2D eigenvalue weighted by Gasteiger charge is 2.24. The van der Waals surface area contributed by atoms with Gasteiger partial charge in [-0.2, -0.15) is 0 Å². The number of rotatable bonds is 2. The van der Waals surface area contributed by atoms with Gasteiger partial charge >= 0.3 is 0 Å². The highest BCUT2D eigenvalue weighted by Crippen LogP contribution is 2.27. The van der Waals surface area contributed by atoms with Crippen molar-refractivity contribution in [3.63, 3.8) is 0 Å². The maximum atomic E-state index is 10.4. The van der Waals surface area contributed by atoms with Gasteiger partial charge in [-0.3, -0.25) is 4.98 Å². The Morgan fingerprint density at radius 1 is 0.933 bits per heavy atom. The smallest absolute Gasteiger partial charge is 0.112 e. The van der Waals surface area contributed by atoms with Crippen LogP contribution in [-0.2, 0) is 5.60 Å². The van der Waals surface area contributed by atoms with E-state index in [0.29, 0.717) is 0 Å². The molecule has 1 N–H and O–H groups in total. The molecule has 0 fully saturated rings. The predicted molar refractivity (Wildman–Crippen MR) is 59.4 cm³/mol. The van der Waals surface area contributed by atoms with Gasteiger partial charge in [-0.15, -0.1) is 0 Å². The number of pyridine rings is 1. The minimum absolute atomic E-state index is 0.851. The van der Waals surface area contributed by atoms with Gasteiger partial charge in [-0.1, -0.05) is 30.3 Å². The summed E-state index contributed by atoms with van der Waals surface area (Å²) in [5, 5.41) is 10.4. The molecule has 15 heavy (non-hydrogen) atoms. The molecule has 0 radical (unpaired) electrons. The molecule has 2 heteroatoms. The molecule has 0 aliphatic rings. The van der Waals surface area contributed by atoms with Crippen LogP contribution in [0.2, 0.25) is 0 Å². The number of hydrogen-bond donors (Lipinski definition) is 1. The highest BCUT2D eigenvalue weighted by atomic mass is 16.3. The number of aromatic nitrogens is 1. The van der Waals surface area contributed by atoms with Gasteiger partial charge < -0.3 is 5.11 Å². The van der Waals surface area contributed by atoms with Gasteiger partial charge in [0.1, 0.15) is 5.60 Å². The highest BCUT2D eigenvalue weighted by molar-refractivity contribution is 5.33. The fourth-order valence-corrected chi connectivity index (χ4v) is 1.61. The van der Waals surface area contributed by atoms with Crippen LogP contribution >= 0.6 is 0 Å².